The molecule has 0 aromatic heterocycles. The number of aryl methyl sites for hydroxylation is 1. The molecule has 2 aromatic carbocycles. The fourth-order valence-corrected chi connectivity index (χ4v) is 3.58. The molecule has 1 aliphatic rings. The van der Waals surface area contributed by atoms with Crippen LogP contribution >= 0.6 is 0 Å². The molecule has 2 amide bonds. The van der Waals surface area contributed by atoms with Crippen molar-refractivity contribution in [1.29, 1.82) is 0 Å². The molecule has 1 aliphatic heterocycles. The lowest BCUT2D eigenvalue weighted by Crippen LogP contribution is -2.49. The zero-order valence-electron chi connectivity index (χ0n) is 16.4. The molecule has 0 atom stereocenters. The molecule has 1 heterocycles. The summed E-state index contributed by atoms with van der Waals surface area (Å²) in [5.74, 6) is -0.294. The number of rotatable bonds is 5. The molecule has 0 aliphatic carbocycles. The first-order valence-corrected chi connectivity index (χ1v) is 9.58. The van der Waals surface area contributed by atoms with Crippen LogP contribution in [0.3, 0.4) is 0 Å². The first-order chi connectivity index (χ1) is 13.5. The maximum atomic E-state index is 13.9. The van der Waals surface area contributed by atoms with E-state index in [4.69, 9.17) is 0 Å². The molecule has 1 fully saturated rings. The van der Waals surface area contributed by atoms with Gasteiger partial charge in [-0.05, 0) is 30.7 Å². The standard InChI is InChI=1S/C22H26FN3O2/c1-17-7-3-5-9-20(17)26(18(2)27)12-11-22(28)25-15-13-24(14-16-25)21-10-6-4-8-19(21)23/h3-10H,11-16H2,1-2H3. The topological polar surface area (TPSA) is 43.9 Å². The van der Waals surface area contributed by atoms with Gasteiger partial charge in [-0.1, -0.05) is 30.3 Å². The maximum Gasteiger partial charge on any atom is 0.224 e. The van der Waals surface area contributed by atoms with E-state index < -0.39 is 0 Å². The molecule has 1 saturated heterocycles. The summed E-state index contributed by atoms with van der Waals surface area (Å²) in [6, 6.07) is 14.4. The molecule has 0 saturated carbocycles. The molecule has 148 valence electrons. The molecule has 0 bridgehead atoms. The summed E-state index contributed by atoms with van der Waals surface area (Å²) in [5, 5.41) is 0. The lowest BCUT2D eigenvalue weighted by atomic mass is 10.1. The molecule has 2 aromatic rings. The number of piperazine rings is 1. The number of nitrogens with zero attached hydrogens (tertiary/aromatic N) is 3. The van der Waals surface area contributed by atoms with Crippen LogP contribution in [0.1, 0.15) is 18.9 Å². The van der Waals surface area contributed by atoms with E-state index in [0.29, 0.717) is 38.4 Å². The number of para-hydroxylation sites is 2. The van der Waals surface area contributed by atoms with Crippen molar-refractivity contribution in [1.82, 2.24) is 4.90 Å². The molecule has 0 spiro atoms. The van der Waals surface area contributed by atoms with E-state index in [2.05, 4.69) is 0 Å². The van der Waals surface area contributed by atoms with E-state index in [1.54, 1.807) is 21.9 Å². The van der Waals surface area contributed by atoms with Crippen molar-refractivity contribution in [2.45, 2.75) is 20.3 Å². The second-order valence-corrected chi connectivity index (χ2v) is 7.03. The summed E-state index contributed by atoms with van der Waals surface area (Å²) in [7, 11) is 0. The number of benzene rings is 2. The van der Waals surface area contributed by atoms with E-state index in [1.165, 1.54) is 13.0 Å². The monoisotopic (exact) mass is 383 g/mol. The number of anilines is 2. The first-order valence-electron chi connectivity index (χ1n) is 9.58. The van der Waals surface area contributed by atoms with E-state index in [0.717, 1.165) is 11.3 Å². The Balaban J connectivity index is 1.56. The number of halogens is 1. The van der Waals surface area contributed by atoms with Crippen LogP contribution in [0.4, 0.5) is 15.8 Å². The Morgan fingerprint density at radius 2 is 1.64 bits per heavy atom. The SMILES string of the molecule is CC(=O)N(CCC(=O)N1CCN(c2ccccc2F)CC1)c1ccccc1C. The predicted molar refractivity (Wildman–Crippen MR) is 109 cm³/mol. The summed E-state index contributed by atoms with van der Waals surface area (Å²) < 4.78 is 13.9. The fourth-order valence-electron chi connectivity index (χ4n) is 3.58. The van der Waals surface area contributed by atoms with Crippen LogP contribution < -0.4 is 9.80 Å². The van der Waals surface area contributed by atoms with Crippen LogP contribution in [0.15, 0.2) is 48.5 Å². The number of hydrogen-bond acceptors (Lipinski definition) is 3. The molecule has 28 heavy (non-hydrogen) atoms. The van der Waals surface area contributed by atoms with Gasteiger partial charge in [0.1, 0.15) is 5.82 Å². The lowest BCUT2D eigenvalue weighted by Gasteiger charge is -2.36. The number of hydrogen-bond donors (Lipinski definition) is 0. The van der Waals surface area contributed by atoms with Gasteiger partial charge in [0.05, 0.1) is 5.69 Å². The van der Waals surface area contributed by atoms with Crippen molar-refractivity contribution in [3.05, 3.63) is 59.9 Å². The van der Waals surface area contributed by atoms with E-state index in [1.807, 2.05) is 42.2 Å². The second kappa shape index (κ2) is 8.87. The second-order valence-electron chi connectivity index (χ2n) is 7.03. The predicted octanol–water partition coefficient (Wildman–Crippen LogP) is 3.23. The summed E-state index contributed by atoms with van der Waals surface area (Å²) in [4.78, 5) is 30.1. The van der Waals surface area contributed by atoms with Gasteiger partial charge >= 0.3 is 0 Å². The molecular weight excluding hydrogens is 357 g/mol. The Bertz CT molecular complexity index is 847. The molecule has 0 N–H and O–H groups in total. The normalized spacial score (nSPS) is 14.1. The van der Waals surface area contributed by atoms with Crippen LogP contribution in [0.2, 0.25) is 0 Å². The van der Waals surface area contributed by atoms with Gasteiger partial charge in [0.2, 0.25) is 11.8 Å². The molecule has 6 heteroatoms. The Labute approximate surface area is 165 Å². The fraction of sp³-hybridized carbons (Fsp3) is 0.364. The van der Waals surface area contributed by atoms with Crippen molar-refractivity contribution < 1.29 is 14.0 Å². The van der Waals surface area contributed by atoms with Gasteiger partial charge in [-0.25, -0.2) is 4.39 Å². The minimum absolute atomic E-state index is 0.0213. The third-order valence-corrected chi connectivity index (χ3v) is 5.16. The third-order valence-electron chi connectivity index (χ3n) is 5.16. The van der Waals surface area contributed by atoms with Gasteiger partial charge in [-0.2, -0.15) is 0 Å². The highest BCUT2D eigenvalue weighted by Crippen LogP contribution is 2.22. The summed E-state index contributed by atoms with van der Waals surface area (Å²) in [6.07, 6.45) is 0.271. The van der Waals surface area contributed by atoms with Crippen molar-refractivity contribution in [3.8, 4) is 0 Å². The minimum atomic E-state index is -0.238. The number of carbonyl (C=O) groups is 2. The Morgan fingerprint density at radius 3 is 2.29 bits per heavy atom. The van der Waals surface area contributed by atoms with Gasteiger partial charge in [0, 0.05) is 51.8 Å². The average Bonchev–Trinajstić information content (AvgIpc) is 2.69. The molecule has 0 radical (unpaired) electrons. The molecular formula is C22H26FN3O2. The average molecular weight is 383 g/mol. The van der Waals surface area contributed by atoms with Crippen LogP contribution in [0.25, 0.3) is 0 Å². The molecule has 0 unspecified atom stereocenters. The molecule has 5 nitrogen and oxygen atoms in total. The lowest BCUT2D eigenvalue weighted by molar-refractivity contribution is -0.131. The highest BCUT2D eigenvalue weighted by Gasteiger charge is 2.23. The van der Waals surface area contributed by atoms with Crippen LogP contribution in [-0.2, 0) is 9.59 Å². The Kier molecular flexibility index (Phi) is 6.29. The minimum Gasteiger partial charge on any atom is -0.366 e. The van der Waals surface area contributed by atoms with Gasteiger partial charge in [-0.15, -0.1) is 0 Å². The third kappa shape index (κ3) is 4.50. The maximum absolute atomic E-state index is 13.9. The van der Waals surface area contributed by atoms with E-state index in [9.17, 15) is 14.0 Å². The van der Waals surface area contributed by atoms with Gasteiger partial charge in [0.15, 0.2) is 0 Å². The Morgan fingerprint density at radius 1 is 1.00 bits per heavy atom. The van der Waals surface area contributed by atoms with Gasteiger partial charge < -0.3 is 14.7 Å². The Hall–Kier alpha value is -2.89. The van der Waals surface area contributed by atoms with Gasteiger partial charge in [0.25, 0.3) is 0 Å². The van der Waals surface area contributed by atoms with Crippen molar-refractivity contribution >= 4 is 23.2 Å². The van der Waals surface area contributed by atoms with Crippen molar-refractivity contribution in [2.24, 2.45) is 0 Å². The highest BCUT2D eigenvalue weighted by molar-refractivity contribution is 5.93. The zero-order valence-corrected chi connectivity index (χ0v) is 16.4. The van der Waals surface area contributed by atoms with E-state index >= 15 is 0 Å². The zero-order chi connectivity index (χ0) is 20.1. The first kappa shape index (κ1) is 19.9. The number of amides is 2. The summed E-state index contributed by atoms with van der Waals surface area (Å²) in [5.41, 5.74) is 2.42. The van der Waals surface area contributed by atoms with Crippen LogP contribution in [0.5, 0.6) is 0 Å². The highest BCUT2D eigenvalue weighted by atomic mass is 19.1. The summed E-state index contributed by atoms with van der Waals surface area (Å²) >= 11 is 0. The van der Waals surface area contributed by atoms with Gasteiger partial charge in [-0.3, -0.25) is 9.59 Å². The largest absolute Gasteiger partial charge is 0.366 e. The van der Waals surface area contributed by atoms with Crippen molar-refractivity contribution in [2.75, 3.05) is 42.5 Å². The summed E-state index contributed by atoms with van der Waals surface area (Å²) in [6.45, 7) is 6.13. The quantitative estimate of drug-likeness (QED) is 0.796. The smallest absolute Gasteiger partial charge is 0.224 e. The van der Waals surface area contributed by atoms with Crippen molar-refractivity contribution in [3.63, 3.8) is 0 Å². The van der Waals surface area contributed by atoms with Crippen LogP contribution in [-0.4, -0.2) is 49.4 Å². The van der Waals surface area contributed by atoms with Crippen LogP contribution in [0, 0.1) is 12.7 Å². The number of carbonyl (C=O) groups excluding carboxylic acids is 2. The van der Waals surface area contributed by atoms with E-state index in [-0.39, 0.29) is 24.1 Å². The molecule has 3 rings (SSSR count).